The van der Waals surface area contributed by atoms with Crippen LogP contribution in [0.3, 0.4) is 0 Å². The van der Waals surface area contributed by atoms with E-state index in [4.69, 9.17) is 21.1 Å². The number of hydrogen-bond donors (Lipinski definition) is 3. The molecule has 0 radical (unpaired) electrons. The Hall–Kier alpha value is -2.83. The quantitative estimate of drug-likeness (QED) is 0.472. The van der Waals surface area contributed by atoms with Gasteiger partial charge >= 0.3 is 0 Å². The number of nitrogens with one attached hydrogen (secondary N) is 2. The van der Waals surface area contributed by atoms with Crippen molar-refractivity contribution >= 4 is 23.2 Å². The molecule has 2 fully saturated rings. The zero-order valence-corrected chi connectivity index (χ0v) is 22.5. The van der Waals surface area contributed by atoms with E-state index in [0.717, 1.165) is 61.3 Å². The second-order valence-corrected chi connectivity index (χ2v) is 11.1. The van der Waals surface area contributed by atoms with Gasteiger partial charge in [0.05, 0.1) is 42.7 Å². The number of anilines is 1. The van der Waals surface area contributed by atoms with Crippen LogP contribution in [0.2, 0.25) is 5.02 Å². The van der Waals surface area contributed by atoms with E-state index in [-0.39, 0.29) is 24.1 Å². The molecular formula is C29H35ClN4O4. The number of nitrogens with zero attached hydrogens (tertiary/aromatic N) is 2. The number of morpholine rings is 1. The van der Waals surface area contributed by atoms with Crippen LogP contribution in [0.1, 0.15) is 55.3 Å². The minimum absolute atomic E-state index is 0.0490. The van der Waals surface area contributed by atoms with Crippen molar-refractivity contribution in [3.05, 3.63) is 58.1 Å². The molecule has 1 amide bonds. The van der Waals surface area contributed by atoms with Crippen LogP contribution in [-0.2, 0) is 16.0 Å². The number of ether oxygens (including phenoxy) is 2. The number of benzene rings is 2. The molecule has 1 saturated carbocycles. The Labute approximate surface area is 228 Å². The predicted octanol–water partition coefficient (Wildman–Crippen LogP) is 3.49. The van der Waals surface area contributed by atoms with Crippen LogP contribution < -0.4 is 20.3 Å². The standard InChI is InChI=1S/C29H35ClN4O4/c1-19(35)33-24(13-20-4-2-5-21(12-20)17-31)27(36)18-32-25-16-29(6-3-7-29)38-28-23(25)14-22(30)15-26(28)34-8-10-37-11-9-34/h2,4-5,12,14-15,24-25,27,32,36H,3,6-11,13,16,18H2,1H3,(H,33,35)/t24-,25-,27-/m0/s1. The first-order valence-corrected chi connectivity index (χ1v) is 13.8. The van der Waals surface area contributed by atoms with E-state index in [1.807, 2.05) is 24.3 Å². The summed E-state index contributed by atoms with van der Waals surface area (Å²) in [6.45, 7) is 4.63. The molecule has 202 valence electrons. The molecule has 2 aromatic rings. The fourth-order valence-corrected chi connectivity index (χ4v) is 6.00. The minimum Gasteiger partial charge on any atom is -0.485 e. The van der Waals surface area contributed by atoms with Gasteiger partial charge in [-0.1, -0.05) is 23.7 Å². The summed E-state index contributed by atoms with van der Waals surface area (Å²) in [5.74, 6) is 0.665. The molecule has 9 heteroatoms. The molecule has 1 saturated heterocycles. The number of rotatable bonds is 8. The van der Waals surface area contributed by atoms with Crippen molar-refractivity contribution in [2.24, 2.45) is 0 Å². The van der Waals surface area contributed by atoms with Gasteiger partial charge < -0.3 is 30.1 Å². The van der Waals surface area contributed by atoms with Crippen molar-refractivity contribution in [2.75, 3.05) is 37.7 Å². The van der Waals surface area contributed by atoms with Crippen molar-refractivity contribution in [3.8, 4) is 11.8 Å². The van der Waals surface area contributed by atoms with Gasteiger partial charge in [-0.05, 0) is 55.5 Å². The maximum absolute atomic E-state index is 12.0. The summed E-state index contributed by atoms with van der Waals surface area (Å²) >= 11 is 6.61. The third kappa shape index (κ3) is 5.92. The summed E-state index contributed by atoms with van der Waals surface area (Å²) in [5.41, 5.74) is 3.23. The van der Waals surface area contributed by atoms with Crippen LogP contribution in [0.15, 0.2) is 36.4 Å². The number of nitriles is 1. The number of fused-ring (bicyclic) bond motifs is 1. The lowest BCUT2D eigenvalue weighted by atomic mass is 9.72. The highest BCUT2D eigenvalue weighted by molar-refractivity contribution is 6.31. The molecule has 1 spiro atoms. The summed E-state index contributed by atoms with van der Waals surface area (Å²) in [4.78, 5) is 14.2. The monoisotopic (exact) mass is 538 g/mol. The number of aliphatic hydroxyl groups is 1. The molecular weight excluding hydrogens is 504 g/mol. The third-order valence-electron chi connectivity index (χ3n) is 7.89. The van der Waals surface area contributed by atoms with Crippen LogP contribution in [0.5, 0.6) is 5.75 Å². The van der Waals surface area contributed by atoms with Gasteiger partial charge in [0.2, 0.25) is 5.91 Å². The summed E-state index contributed by atoms with van der Waals surface area (Å²) in [5, 5.41) is 27.6. The smallest absolute Gasteiger partial charge is 0.217 e. The first kappa shape index (κ1) is 26.8. The minimum atomic E-state index is -0.842. The average Bonchev–Trinajstić information content (AvgIpc) is 2.90. The van der Waals surface area contributed by atoms with E-state index in [9.17, 15) is 15.2 Å². The Morgan fingerprint density at radius 2 is 2.08 bits per heavy atom. The van der Waals surface area contributed by atoms with E-state index in [2.05, 4.69) is 21.6 Å². The number of hydrogen-bond acceptors (Lipinski definition) is 7. The zero-order valence-electron chi connectivity index (χ0n) is 21.7. The van der Waals surface area contributed by atoms with Crippen molar-refractivity contribution in [2.45, 2.75) is 62.8 Å². The third-order valence-corrected chi connectivity index (χ3v) is 8.11. The number of halogens is 1. The van der Waals surface area contributed by atoms with Crippen molar-refractivity contribution in [1.82, 2.24) is 10.6 Å². The summed E-state index contributed by atoms with van der Waals surface area (Å²) in [7, 11) is 0. The van der Waals surface area contributed by atoms with E-state index in [0.29, 0.717) is 30.2 Å². The highest BCUT2D eigenvalue weighted by Gasteiger charge is 2.47. The Kier molecular flexibility index (Phi) is 8.10. The van der Waals surface area contributed by atoms with Crippen LogP contribution in [0, 0.1) is 11.3 Å². The van der Waals surface area contributed by atoms with E-state index in [1.165, 1.54) is 6.92 Å². The molecule has 3 aliphatic rings. The van der Waals surface area contributed by atoms with Gasteiger partial charge in [-0.15, -0.1) is 0 Å². The van der Waals surface area contributed by atoms with E-state index < -0.39 is 12.1 Å². The second-order valence-electron chi connectivity index (χ2n) is 10.6. The van der Waals surface area contributed by atoms with Gasteiger partial charge in [-0.3, -0.25) is 4.79 Å². The first-order valence-electron chi connectivity index (χ1n) is 13.4. The Balaban J connectivity index is 1.36. The molecule has 3 N–H and O–H groups in total. The molecule has 0 aromatic heterocycles. The summed E-state index contributed by atoms with van der Waals surface area (Å²) < 4.78 is 12.3. The van der Waals surface area contributed by atoms with Gasteiger partial charge in [0.25, 0.3) is 0 Å². The fourth-order valence-electron chi connectivity index (χ4n) is 5.78. The summed E-state index contributed by atoms with van der Waals surface area (Å²) in [6, 6.07) is 12.8. The van der Waals surface area contributed by atoms with Crippen LogP contribution in [0.25, 0.3) is 0 Å². The lowest BCUT2D eigenvalue weighted by Gasteiger charge is -2.49. The van der Waals surface area contributed by atoms with Gasteiger partial charge in [0.15, 0.2) is 0 Å². The average molecular weight is 539 g/mol. The van der Waals surface area contributed by atoms with Crippen LogP contribution in [-0.4, -0.2) is 61.6 Å². The van der Waals surface area contributed by atoms with Crippen LogP contribution in [0.4, 0.5) is 5.69 Å². The Bertz CT molecular complexity index is 1210. The highest BCUT2D eigenvalue weighted by atomic mass is 35.5. The molecule has 5 rings (SSSR count). The fraction of sp³-hybridized carbons (Fsp3) is 0.517. The van der Waals surface area contributed by atoms with Crippen molar-refractivity contribution < 1.29 is 19.4 Å². The molecule has 0 unspecified atom stereocenters. The largest absolute Gasteiger partial charge is 0.485 e. The van der Waals surface area contributed by atoms with Crippen LogP contribution >= 0.6 is 11.6 Å². The summed E-state index contributed by atoms with van der Waals surface area (Å²) in [6.07, 6.45) is 3.51. The zero-order chi connectivity index (χ0) is 26.7. The van der Waals surface area contributed by atoms with E-state index >= 15 is 0 Å². The predicted molar refractivity (Wildman–Crippen MR) is 146 cm³/mol. The Morgan fingerprint density at radius 1 is 1.29 bits per heavy atom. The SMILES string of the molecule is CC(=O)N[C@@H](Cc1cccc(C#N)c1)[C@@H](O)CN[C@H]1CC2(CCC2)Oc2c1cc(Cl)cc2N1CCOCC1. The van der Waals surface area contributed by atoms with Gasteiger partial charge in [0, 0.05) is 49.6 Å². The second kappa shape index (κ2) is 11.5. The van der Waals surface area contributed by atoms with Crippen molar-refractivity contribution in [3.63, 3.8) is 0 Å². The normalized spacial score (nSPS) is 21.4. The first-order chi connectivity index (χ1) is 18.4. The molecule has 38 heavy (non-hydrogen) atoms. The maximum atomic E-state index is 12.0. The molecule has 3 atom stereocenters. The molecule has 1 aliphatic carbocycles. The lowest BCUT2D eigenvalue weighted by molar-refractivity contribution is -0.120. The lowest BCUT2D eigenvalue weighted by Crippen LogP contribution is -2.52. The van der Waals surface area contributed by atoms with Gasteiger partial charge in [-0.2, -0.15) is 5.26 Å². The van der Waals surface area contributed by atoms with E-state index in [1.54, 1.807) is 12.1 Å². The molecule has 2 aromatic carbocycles. The maximum Gasteiger partial charge on any atom is 0.217 e. The van der Waals surface area contributed by atoms with Gasteiger partial charge in [0.1, 0.15) is 11.4 Å². The number of aliphatic hydroxyl groups excluding tert-OH is 1. The molecule has 0 bridgehead atoms. The van der Waals surface area contributed by atoms with Gasteiger partial charge in [-0.25, -0.2) is 0 Å². The molecule has 2 aliphatic heterocycles. The number of amides is 1. The molecule has 8 nitrogen and oxygen atoms in total. The number of carbonyl (C=O) groups is 1. The molecule has 2 heterocycles. The number of carbonyl (C=O) groups excluding carboxylic acids is 1. The Morgan fingerprint density at radius 3 is 2.76 bits per heavy atom. The van der Waals surface area contributed by atoms with Crippen molar-refractivity contribution in [1.29, 1.82) is 5.26 Å². The topological polar surface area (TPSA) is 107 Å². The highest BCUT2D eigenvalue weighted by Crippen LogP contribution is 2.52.